The number of hydrogen-bond donors (Lipinski definition) is 2. The summed E-state index contributed by atoms with van der Waals surface area (Å²) < 4.78 is 87.1. The van der Waals surface area contributed by atoms with Gasteiger partial charge in [0.2, 0.25) is 10.0 Å². The van der Waals surface area contributed by atoms with Gasteiger partial charge in [-0.2, -0.15) is 13.2 Å². The van der Waals surface area contributed by atoms with Crippen molar-refractivity contribution in [1.29, 1.82) is 0 Å². The van der Waals surface area contributed by atoms with E-state index < -0.39 is 45.7 Å². The maximum Gasteiger partial charge on any atom is 0.390 e. The molecule has 0 saturated heterocycles. The summed E-state index contributed by atoms with van der Waals surface area (Å²) in [4.78, 5) is -1.07. The molecule has 0 saturated carbocycles. The van der Waals surface area contributed by atoms with E-state index >= 15 is 0 Å². The zero-order valence-corrected chi connectivity index (χ0v) is 10.8. The van der Waals surface area contributed by atoms with Gasteiger partial charge in [0.15, 0.2) is 11.6 Å². The summed E-state index contributed by atoms with van der Waals surface area (Å²) in [5, 5.41) is 0. The van der Waals surface area contributed by atoms with Crippen molar-refractivity contribution in [2.24, 2.45) is 5.73 Å². The van der Waals surface area contributed by atoms with Crippen LogP contribution >= 0.6 is 0 Å². The van der Waals surface area contributed by atoms with Crippen molar-refractivity contribution in [3.8, 4) is 0 Å². The van der Waals surface area contributed by atoms with Gasteiger partial charge in [-0.15, -0.1) is 0 Å². The average Bonchev–Trinajstić information content (AvgIpc) is 2.30. The Morgan fingerprint density at radius 3 is 2.30 bits per heavy atom. The van der Waals surface area contributed by atoms with Crippen LogP contribution in [0.3, 0.4) is 0 Å². The first-order valence-corrected chi connectivity index (χ1v) is 6.79. The molecular formula is C10H11F5N2O2S. The van der Waals surface area contributed by atoms with Crippen LogP contribution in [0.25, 0.3) is 0 Å². The number of hydrogen-bond acceptors (Lipinski definition) is 3. The minimum Gasteiger partial charge on any atom is -0.326 e. The Morgan fingerprint density at radius 1 is 1.20 bits per heavy atom. The molecule has 0 aromatic heterocycles. The van der Waals surface area contributed by atoms with Crippen LogP contribution in [0.15, 0.2) is 17.0 Å². The van der Waals surface area contributed by atoms with E-state index in [1.807, 2.05) is 0 Å². The van der Waals surface area contributed by atoms with E-state index in [1.54, 1.807) is 4.72 Å². The topological polar surface area (TPSA) is 72.2 Å². The molecule has 1 aromatic rings. The average molecular weight is 318 g/mol. The highest BCUT2D eigenvalue weighted by Crippen LogP contribution is 2.21. The highest BCUT2D eigenvalue weighted by molar-refractivity contribution is 7.89. The van der Waals surface area contributed by atoms with E-state index in [1.165, 1.54) is 0 Å². The van der Waals surface area contributed by atoms with Gasteiger partial charge in [-0.25, -0.2) is 21.9 Å². The van der Waals surface area contributed by atoms with Gasteiger partial charge >= 0.3 is 6.18 Å². The molecule has 4 nitrogen and oxygen atoms in total. The number of nitrogens with one attached hydrogen (secondary N) is 1. The lowest BCUT2D eigenvalue weighted by Crippen LogP contribution is -2.29. The smallest absolute Gasteiger partial charge is 0.326 e. The second kappa shape index (κ2) is 6.02. The van der Waals surface area contributed by atoms with E-state index in [4.69, 9.17) is 5.73 Å². The van der Waals surface area contributed by atoms with E-state index in [2.05, 4.69) is 0 Å². The number of halogens is 5. The van der Waals surface area contributed by atoms with Gasteiger partial charge in [-0.3, -0.25) is 0 Å². The molecule has 0 atom stereocenters. The number of alkyl halides is 3. The molecule has 0 aliphatic rings. The van der Waals surface area contributed by atoms with Gasteiger partial charge in [0.05, 0.1) is 6.42 Å². The third-order valence-corrected chi connectivity index (χ3v) is 3.74. The van der Waals surface area contributed by atoms with Crippen LogP contribution in [0.5, 0.6) is 0 Å². The van der Waals surface area contributed by atoms with Crippen molar-refractivity contribution in [1.82, 2.24) is 4.72 Å². The monoisotopic (exact) mass is 318 g/mol. The molecule has 0 aliphatic heterocycles. The molecule has 10 heteroatoms. The third kappa shape index (κ3) is 4.39. The minimum absolute atomic E-state index is 0.0000892. The summed E-state index contributed by atoms with van der Waals surface area (Å²) in [5.74, 6) is -3.11. The number of rotatable bonds is 5. The summed E-state index contributed by atoms with van der Waals surface area (Å²) in [6, 6.07) is 1.48. The molecule has 0 aliphatic carbocycles. The lowest BCUT2D eigenvalue weighted by molar-refractivity contribution is -0.132. The lowest BCUT2D eigenvalue weighted by Gasteiger charge is -2.11. The predicted molar refractivity (Wildman–Crippen MR) is 60.1 cm³/mol. The predicted octanol–water partition coefficient (Wildman–Crippen LogP) is 1.65. The summed E-state index contributed by atoms with van der Waals surface area (Å²) in [6.45, 7) is -1.22. The fourth-order valence-corrected chi connectivity index (χ4v) is 2.50. The zero-order chi connectivity index (χ0) is 15.6. The second-order valence-electron chi connectivity index (χ2n) is 3.86. The maximum atomic E-state index is 13.4. The van der Waals surface area contributed by atoms with Crippen molar-refractivity contribution >= 4 is 10.0 Å². The van der Waals surface area contributed by atoms with Crippen LogP contribution < -0.4 is 10.5 Å². The Balaban J connectivity index is 3.01. The number of nitrogens with two attached hydrogens (primary N) is 1. The van der Waals surface area contributed by atoms with Crippen LogP contribution in [-0.4, -0.2) is 21.1 Å². The fourth-order valence-electron chi connectivity index (χ4n) is 1.34. The zero-order valence-electron chi connectivity index (χ0n) is 9.97. The lowest BCUT2D eigenvalue weighted by atomic mass is 10.2. The van der Waals surface area contributed by atoms with Crippen LogP contribution in [0.2, 0.25) is 0 Å². The molecule has 20 heavy (non-hydrogen) atoms. The highest BCUT2D eigenvalue weighted by atomic mass is 32.2. The second-order valence-corrected chi connectivity index (χ2v) is 5.59. The molecule has 0 bridgehead atoms. The van der Waals surface area contributed by atoms with Crippen LogP contribution in [-0.2, 0) is 16.6 Å². The first-order chi connectivity index (χ1) is 9.07. The van der Waals surface area contributed by atoms with Crippen molar-refractivity contribution in [3.63, 3.8) is 0 Å². The van der Waals surface area contributed by atoms with Crippen LogP contribution in [0, 0.1) is 11.6 Å². The largest absolute Gasteiger partial charge is 0.390 e. The molecule has 0 unspecified atom stereocenters. The van der Waals surface area contributed by atoms with E-state index in [0.29, 0.717) is 6.07 Å². The number of benzene rings is 1. The Morgan fingerprint density at radius 2 is 1.80 bits per heavy atom. The quantitative estimate of drug-likeness (QED) is 0.811. The van der Waals surface area contributed by atoms with Crippen LogP contribution in [0.1, 0.15) is 12.0 Å². The van der Waals surface area contributed by atoms with Crippen molar-refractivity contribution in [2.75, 3.05) is 6.54 Å². The molecule has 0 amide bonds. The van der Waals surface area contributed by atoms with Crippen molar-refractivity contribution in [2.45, 2.75) is 24.0 Å². The molecule has 3 N–H and O–H groups in total. The normalized spacial score (nSPS) is 12.7. The Kier molecular flexibility index (Phi) is 5.05. The van der Waals surface area contributed by atoms with E-state index in [-0.39, 0.29) is 12.1 Å². The summed E-state index contributed by atoms with van der Waals surface area (Å²) in [7, 11) is -4.59. The molecule has 0 fully saturated rings. The summed E-state index contributed by atoms with van der Waals surface area (Å²) in [6.07, 6.45) is -5.99. The van der Waals surface area contributed by atoms with Crippen LogP contribution in [0.4, 0.5) is 22.0 Å². The molecule has 114 valence electrons. The molecule has 1 aromatic carbocycles. The van der Waals surface area contributed by atoms with Gasteiger partial charge < -0.3 is 5.73 Å². The highest BCUT2D eigenvalue weighted by Gasteiger charge is 2.29. The Hall–Kier alpha value is -1.26. The minimum atomic E-state index is -4.59. The van der Waals surface area contributed by atoms with Gasteiger partial charge in [0.1, 0.15) is 4.90 Å². The van der Waals surface area contributed by atoms with E-state index in [0.717, 1.165) is 6.07 Å². The molecule has 0 spiro atoms. The van der Waals surface area contributed by atoms with E-state index in [9.17, 15) is 30.4 Å². The molecule has 0 heterocycles. The molecule has 0 radical (unpaired) electrons. The third-order valence-electron chi connectivity index (χ3n) is 2.28. The number of sulfonamides is 1. The molecular weight excluding hydrogens is 307 g/mol. The Labute approximate surface area is 111 Å². The van der Waals surface area contributed by atoms with Gasteiger partial charge in [0.25, 0.3) is 0 Å². The first kappa shape index (κ1) is 16.8. The van der Waals surface area contributed by atoms with Gasteiger partial charge in [0, 0.05) is 13.1 Å². The summed E-state index contributed by atoms with van der Waals surface area (Å²) >= 11 is 0. The fraction of sp³-hybridized carbons (Fsp3) is 0.400. The Bertz CT molecular complexity index is 586. The van der Waals surface area contributed by atoms with Gasteiger partial charge in [-0.1, -0.05) is 0 Å². The van der Waals surface area contributed by atoms with Crippen molar-refractivity contribution < 1.29 is 30.4 Å². The van der Waals surface area contributed by atoms with Crippen molar-refractivity contribution in [3.05, 3.63) is 29.3 Å². The molecule has 1 rings (SSSR count). The first-order valence-electron chi connectivity index (χ1n) is 5.31. The van der Waals surface area contributed by atoms with Gasteiger partial charge in [-0.05, 0) is 17.7 Å². The standard InChI is InChI=1S/C10H11F5N2O2S/c11-7-3-6(5-16)4-8(9(7)12)20(18,19)17-2-1-10(13,14)15/h3-4,17H,1-2,5,16H2. The SMILES string of the molecule is NCc1cc(F)c(F)c(S(=O)(=O)NCCC(F)(F)F)c1. The maximum absolute atomic E-state index is 13.4. The summed E-state index contributed by atoms with van der Waals surface area (Å²) in [5.41, 5.74) is 5.19.